The zero-order valence-corrected chi connectivity index (χ0v) is 17.4. The van der Waals surface area contributed by atoms with Crippen LogP contribution in [0.4, 0.5) is 11.4 Å². The molecule has 1 atom stereocenters. The maximum absolute atomic E-state index is 6.03. The van der Waals surface area contributed by atoms with Crippen LogP contribution in [0, 0.1) is 0 Å². The van der Waals surface area contributed by atoms with E-state index < -0.39 is 0 Å². The molecule has 1 fully saturated rings. The number of halogens is 1. The molecule has 0 aliphatic carbocycles. The summed E-state index contributed by atoms with van der Waals surface area (Å²) in [7, 11) is 1.68. The van der Waals surface area contributed by atoms with Gasteiger partial charge in [0.2, 0.25) is 0 Å². The molecule has 1 aliphatic rings. The number of ether oxygens (including phenoxy) is 1. The second-order valence-corrected chi connectivity index (χ2v) is 7.84. The van der Waals surface area contributed by atoms with Crippen LogP contribution < -0.4 is 9.64 Å². The van der Waals surface area contributed by atoms with Gasteiger partial charge in [-0.25, -0.2) is 4.99 Å². The van der Waals surface area contributed by atoms with Gasteiger partial charge in [-0.2, -0.15) is 0 Å². The summed E-state index contributed by atoms with van der Waals surface area (Å²) < 4.78 is 5.33. The SMILES string of the molecule is COc1ccc(N2C(=Nc3ccc(Cl)cc3)CC2c2ccc3ccccc3c2)cc1. The summed E-state index contributed by atoms with van der Waals surface area (Å²) in [6.07, 6.45) is 0.882. The average Bonchev–Trinajstić information content (AvgIpc) is 2.78. The van der Waals surface area contributed by atoms with E-state index in [-0.39, 0.29) is 6.04 Å². The molecular formula is C26H21ClN2O. The van der Waals surface area contributed by atoms with Crippen LogP contribution in [0.3, 0.4) is 0 Å². The molecule has 4 heteroatoms. The first-order chi connectivity index (χ1) is 14.7. The number of hydrogen-bond donors (Lipinski definition) is 0. The Morgan fingerprint density at radius 1 is 0.867 bits per heavy atom. The fourth-order valence-electron chi connectivity index (χ4n) is 3.95. The number of anilines is 1. The predicted molar refractivity (Wildman–Crippen MR) is 125 cm³/mol. The van der Waals surface area contributed by atoms with Crippen molar-refractivity contribution in [1.82, 2.24) is 0 Å². The zero-order valence-electron chi connectivity index (χ0n) is 16.6. The Morgan fingerprint density at radius 2 is 1.60 bits per heavy atom. The van der Waals surface area contributed by atoms with Crippen molar-refractivity contribution in [2.45, 2.75) is 12.5 Å². The van der Waals surface area contributed by atoms with Gasteiger partial charge in [0, 0.05) is 17.1 Å². The fraction of sp³-hybridized carbons (Fsp3) is 0.115. The van der Waals surface area contributed by atoms with Gasteiger partial charge in [0.05, 0.1) is 18.8 Å². The number of benzene rings is 4. The zero-order chi connectivity index (χ0) is 20.5. The average molecular weight is 413 g/mol. The van der Waals surface area contributed by atoms with Gasteiger partial charge in [0.15, 0.2) is 0 Å². The fourth-order valence-corrected chi connectivity index (χ4v) is 4.07. The summed E-state index contributed by atoms with van der Waals surface area (Å²) in [6, 6.07) is 31.2. The van der Waals surface area contributed by atoms with E-state index in [0.717, 1.165) is 29.4 Å². The van der Waals surface area contributed by atoms with E-state index in [9.17, 15) is 0 Å². The normalized spacial score (nSPS) is 17.2. The number of hydrogen-bond acceptors (Lipinski definition) is 2. The third kappa shape index (κ3) is 3.53. The maximum atomic E-state index is 6.03. The minimum Gasteiger partial charge on any atom is -0.497 e. The summed E-state index contributed by atoms with van der Waals surface area (Å²) in [5.74, 6) is 1.89. The highest BCUT2D eigenvalue weighted by Crippen LogP contribution is 2.41. The molecule has 0 radical (unpaired) electrons. The van der Waals surface area contributed by atoms with Gasteiger partial charge in [-0.15, -0.1) is 0 Å². The van der Waals surface area contributed by atoms with Crippen molar-refractivity contribution < 1.29 is 4.74 Å². The lowest BCUT2D eigenvalue weighted by atomic mass is 9.91. The highest BCUT2D eigenvalue weighted by atomic mass is 35.5. The van der Waals surface area contributed by atoms with Crippen LogP contribution in [-0.4, -0.2) is 12.9 Å². The van der Waals surface area contributed by atoms with E-state index in [1.54, 1.807) is 7.11 Å². The molecule has 30 heavy (non-hydrogen) atoms. The molecule has 0 aromatic heterocycles. The highest BCUT2D eigenvalue weighted by Gasteiger charge is 2.36. The van der Waals surface area contributed by atoms with E-state index >= 15 is 0 Å². The molecule has 3 nitrogen and oxygen atoms in total. The molecule has 4 aromatic rings. The van der Waals surface area contributed by atoms with Crippen molar-refractivity contribution in [3.63, 3.8) is 0 Å². The molecule has 4 aromatic carbocycles. The summed E-state index contributed by atoms with van der Waals surface area (Å²) in [6.45, 7) is 0. The van der Waals surface area contributed by atoms with Gasteiger partial charge in [-0.3, -0.25) is 0 Å². The lowest BCUT2D eigenvalue weighted by Crippen LogP contribution is -2.46. The Labute approximate surface area is 181 Å². The molecule has 0 bridgehead atoms. The van der Waals surface area contributed by atoms with Gasteiger partial charge >= 0.3 is 0 Å². The van der Waals surface area contributed by atoms with Gasteiger partial charge in [-0.05, 0) is 70.9 Å². The van der Waals surface area contributed by atoms with E-state index in [4.69, 9.17) is 21.3 Å². The quantitative estimate of drug-likeness (QED) is 0.354. The second kappa shape index (κ2) is 7.85. The molecule has 5 rings (SSSR count). The molecule has 148 valence electrons. The molecule has 1 unspecified atom stereocenters. The Bertz CT molecular complexity index is 1220. The Morgan fingerprint density at radius 3 is 2.33 bits per heavy atom. The van der Waals surface area contributed by atoms with Crippen molar-refractivity contribution in [2.75, 3.05) is 12.0 Å². The number of methoxy groups -OCH3 is 1. The number of fused-ring (bicyclic) bond motifs is 1. The molecule has 1 heterocycles. The van der Waals surface area contributed by atoms with Gasteiger partial charge in [0.25, 0.3) is 0 Å². The van der Waals surface area contributed by atoms with Crippen LogP contribution in [-0.2, 0) is 0 Å². The van der Waals surface area contributed by atoms with Gasteiger partial charge in [0.1, 0.15) is 11.6 Å². The summed E-state index contributed by atoms with van der Waals surface area (Å²) >= 11 is 6.03. The molecule has 0 spiro atoms. The van der Waals surface area contributed by atoms with Crippen molar-refractivity contribution in [3.05, 3.63) is 102 Å². The molecular weight excluding hydrogens is 392 g/mol. The van der Waals surface area contributed by atoms with Crippen molar-refractivity contribution in [2.24, 2.45) is 4.99 Å². The number of aliphatic imine (C=N–C) groups is 1. The topological polar surface area (TPSA) is 24.8 Å². The van der Waals surface area contributed by atoms with E-state index in [2.05, 4.69) is 59.5 Å². The molecule has 0 saturated carbocycles. The molecule has 0 amide bonds. The van der Waals surface area contributed by atoms with Crippen LogP contribution in [0.5, 0.6) is 5.75 Å². The lowest BCUT2D eigenvalue weighted by Gasteiger charge is -2.44. The Hall–Kier alpha value is -3.30. The van der Waals surface area contributed by atoms with E-state index in [1.807, 2.05) is 36.4 Å². The first kappa shape index (κ1) is 18.7. The second-order valence-electron chi connectivity index (χ2n) is 7.40. The lowest BCUT2D eigenvalue weighted by molar-refractivity contribution is 0.415. The smallest absolute Gasteiger partial charge is 0.119 e. The van der Waals surface area contributed by atoms with Crippen molar-refractivity contribution >= 4 is 39.6 Å². The first-order valence-electron chi connectivity index (χ1n) is 9.96. The van der Waals surface area contributed by atoms with Crippen LogP contribution in [0.2, 0.25) is 5.02 Å². The summed E-state index contributed by atoms with van der Waals surface area (Å²) in [5, 5.41) is 3.23. The number of nitrogens with zero attached hydrogens (tertiary/aromatic N) is 2. The third-order valence-electron chi connectivity index (χ3n) is 5.56. The monoisotopic (exact) mass is 412 g/mol. The van der Waals surface area contributed by atoms with Crippen LogP contribution in [0.15, 0.2) is 96.0 Å². The van der Waals surface area contributed by atoms with Crippen molar-refractivity contribution in [1.29, 1.82) is 0 Å². The predicted octanol–water partition coefficient (Wildman–Crippen LogP) is 7.18. The number of rotatable bonds is 4. The molecule has 1 saturated heterocycles. The standard InChI is InChI=1S/C26H21ClN2O/c1-30-24-14-12-23(13-15-24)29-25(17-26(29)28-22-10-8-21(27)9-11-22)20-7-6-18-4-2-3-5-19(18)16-20/h2-16,25H,17H2,1H3. The van der Waals surface area contributed by atoms with Crippen LogP contribution in [0.1, 0.15) is 18.0 Å². The van der Waals surface area contributed by atoms with E-state index in [0.29, 0.717) is 5.02 Å². The minimum absolute atomic E-state index is 0.244. The van der Waals surface area contributed by atoms with Gasteiger partial charge in [-0.1, -0.05) is 48.0 Å². The highest BCUT2D eigenvalue weighted by molar-refractivity contribution is 6.30. The van der Waals surface area contributed by atoms with Gasteiger partial charge < -0.3 is 9.64 Å². The largest absolute Gasteiger partial charge is 0.497 e. The third-order valence-corrected chi connectivity index (χ3v) is 5.81. The minimum atomic E-state index is 0.244. The first-order valence-corrected chi connectivity index (χ1v) is 10.3. The molecule has 0 N–H and O–H groups in total. The molecule has 1 aliphatic heterocycles. The van der Waals surface area contributed by atoms with Crippen molar-refractivity contribution in [3.8, 4) is 5.75 Å². The maximum Gasteiger partial charge on any atom is 0.119 e. The Kier molecular flexibility index (Phi) is 4.89. The summed E-state index contributed by atoms with van der Waals surface area (Å²) in [5.41, 5.74) is 3.30. The van der Waals surface area contributed by atoms with Crippen LogP contribution >= 0.6 is 11.6 Å². The summed E-state index contributed by atoms with van der Waals surface area (Å²) in [4.78, 5) is 7.20. The number of amidine groups is 1. The van der Waals surface area contributed by atoms with Crippen LogP contribution in [0.25, 0.3) is 10.8 Å². The van der Waals surface area contributed by atoms with E-state index in [1.165, 1.54) is 16.3 Å². The Balaban J connectivity index is 1.53.